The smallest absolute Gasteiger partial charge is 0.337 e. The molecule has 2 heterocycles. The molecule has 0 aliphatic carbocycles. The molecule has 0 atom stereocenters. The summed E-state index contributed by atoms with van der Waals surface area (Å²) in [5, 5.41) is 9.56. The fourth-order valence-corrected chi connectivity index (χ4v) is 2.44. The standard InChI is InChI=1S/C8H4BrNO2S/c9-6-2-4-1-5(8(11)12)3-10-7(4)13-6/h1-3H,(H,11,12). The van der Waals surface area contributed by atoms with Crippen molar-refractivity contribution in [2.24, 2.45) is 0 Å². The second-order valence-corrected chi connectivity index (χ2v) is 4.88. The number of hydrogen-bond donors (Lipinski definition) is 1. The highest BCUT2D eigenvalue weighted by molar-refractivity contribution is 9.11. The van der Waals surface area contributed by atoms with E-state index < -0.39 is 5.97 Å². The summed E-state index contributed by atoms with van der Waals surface area (Å²) in [5.41, 5.74) is 0.220. The highest BCUT2D eigenvalue weighted by atomic mass is 79.9. The Morgan fingerprint density at radius 1 is 1.54 bits per heavy atom. The van der Waals surface area contributed by atoms with Gasteiger partial charge in [0.25, 0.3) is 0 Å². The van der Waals surface area contributed by atoms with E-state index >= 15 is 0 Å². The first-order valence-corrected chi connectivity index (χ1v) is 5.06. The van der Waals surface area contributed by atoms with Gasteiger partial charge in [0, 0.05) is 11.6 Å². The number of carboxylic acid groups (broad SMARTS) is 1. The van der Waals surface area contributed by atoms with Crippen LogP contribution in [0.1, 0.15) is 10.4 Å². The molecule has 0 aliphatic heterocycles. The molecule has 0 bridgehead atoms. The lowest BCUT2D eigenvalue weighted by Gasteiger charge is -1.92. The molecule has 0 amide bonds. The van der Waals surface area contributed by atoms with Crippen LogP contribution in [0.4, 0.5) is 0 Å². The molecule has 1 N–H and O–H groups in total. The van der Waals surface area contributed by atoms with Gasteiger partial charge in [-0.2, -0.15) is 0 Å². The zero-order valence-corrected chi connectivity index (χ0v) is 8.72. The van der Waals surface area contributed by atoms with Crippen LogP contribution >= 0.6 is 27.3 Å². The molecule has 2 rings (SSSR count). The summed E-state index contributed by atoms with van der Waals surface area (Å²) in [6.07, 6.45) is 1.37. The van der Waals surface area contributed by atoms with Gasteiger partial charge in [-0.15, -0.1) is 11.3 Å². The zero-order valence-electron chi connectivity index (χ0n) is 6.32. The highest BCUT2D eigenvalue weighted by Gasteiger charge is 2.06. The Bertz CT molecular complexity index is 480. The predicted octanol–water partition coefficient (Wildman–Crippen LogP) is 2.76. The molecular weight excluding hydrogens is 254 g/mol. The summed E-state index contributed by atoms with van der Waals surface area (Å²) in [6.45, 7) is 0. The van der Waals surface area contributed by atoms with Crippen LogP contribution in [0.2, 0.25) is 0 Å². The number of nitrogens with zero attached hydrogens (tertiary/aromatic N) is 1. The van der Waals surface area contributed by atoms with Crippen molar-refractivity contribution in [2.75, 3.05) is 0 Å². The van der Waals surface area contributed by atoms with Crippen molar-refractivity contribution in [2.45, 2.75) is 0 Å². The van der Waals surface area contributed by atoms with E-state index in [1.807, 2.05) is 6.07 Å². The molecule has 0 saturated heterocycles. The van der Waals surface area contributed by atoms with E-state index in [9.17, 15) is 4.79 Å². The Balaban J connectivity index is 2.67. The van der Waals surface area contributed by atoms with E-state index in [4.69, 9.17) is 5.11 Å². The molecule has 5 heteroatoms. The molecule has 0 unspecified atom stereocenters. The van der Waals surface area contributed by atoms with Gasteiger partial charge < -0.3 is 5.11 Å². The zero-order chi connectivity index (χ0) is 9.42. The lowest BCUT2D eigenvalue weighted by atomic mass is 10.2. The third kappa shape index (κ3) is 1.57. The third-order valence-electron chi connectivity index (χ3n) is 1.59. The van der Waals surface area contributed by atoms with Crippen LogP contribution in [0, 0.1) is 0 Å². The number of thiophene rings is 1. The first-order chi connectivity index (χ1) is 6.16. The molecule has 13 heavy (non-hydrogen) atoms. The number of carbonyl (C=O) groups is 1. The Morgan fingerprint density at radius 2 is 2.31 bits per heavy atom. The minimum atomic E-state index is -0.947. The summed E-state index contributed by atoms with van der Waals surface area (Å²) in [5.74, 6) is -0.947. The molecule has 2 aromatic heterocycles. The molecule has 0 spiro atoms. The molecule has 0 fully saturated rings. The van der Waals surface area contributed by atoms with E-state index in [1.165, 1.54) is 17.5 Å². The van der Waals surface area contributed by atoms with Crippen molar-refractivity contribution in [3.05, 3.63) is 27.7 Å². The summed E-state index contributed by atoms with van der Waals surface area (Å²) < 4.78 is 0.956. The van der Waals surface area contributed by atoms with Crippen LogP contribution in [0.5, 0.6) is 0 Å². The first kappa shape index (κ1) is 8.65. The lowest BCUT2D eigenvalue weighted by Crippen LogP contribution is -1.95. The second-order valence-electron chi connectivity index (χ2n) is 2.47. The van der Waals surface area contributed by atoms with Crippen molar-refractivity contribution >= 4 is 43.5 Å². The fraction of sp³-hybridized carbons (Fsp3) is 0. The summed E-state index contributed by atoms with van der Waals surface area (Å²) in [6, 6.07) is 3.48. The van der Waals surface area contributed by atoms with Gasteiger partial charge in [-0.1, -0.05) is 0 Å². The number of pyridine rings is 1. The van der Waals surface area contributed by atoms with Gasteiger partial charge in [0.15, 0.2) is 0 Å². The molecule has 0 radical (unpaired) electrons. The van der Waals surface area contributed by atoms with Crippen LogP contribution in [0.15, 0.2) is 22.1 Å². The van der Waals surface area contributed by atoms with Crippen LogP contribution in [-0.4, -0.2) is 16.1 Å². The van der Waals surface area contributed by atoms with Gasteiger partial charge in [-0.3, -0.25) is 0 Å². The van der Waals surface area contributed by atoms with Crippen molar-refractivity contribution in [3.63, 3.8) is 0 Å². The molecule has 3 nitrogen and oxygen atoms in total. The van der Waals surface area contributed by atoms with Gasteiger partial charge in [-0.05, 0) is 28.1 Å². The third-order valence-corrected chi connectivity index (χ3v) is 3.15. The highest BCUT2D eigenvalue weighted by Crippen LogP contribution is 2.28. The predicted molar refractivity (Wildman–Crippen MR) is 54.3 cm³/mol. The maximum Gasteiger partial charge on any atom is 0.337 e. The SMILES string of the molecule is O=C(O)c1cnc2sc(Br)cc2c1. The number of hydrogen-bond acceptors (Lipinski definition) is 3. The number of aromatic carboxylic acids is 1. The first-order valence-electron chi connectivity index (χ1n) is 3.45. The Kier molecular flexibility index (Phi) is 2.05. The molecule has 0 aliphatic rings. The Morgan fingerprint density at radius 3 is 3.00 bits per heavy atom. The average Bonchev–Trinajstić information content (AvgIpc) is 2.42. The largest absolute Gasteiger partial charge is 0.478 e. The Hall–Kier alpha value is -0.940. The molecule has 2 aromatic rings. The van der Waals surface area contributed by atoms with Gasteiger partial charge in [0.1, 0.15) is 4.83 Å². The summed E-state index contributed by atoms with van der Waals surface area (Å²) in [7, 11) is 0. The quantitative estimate of drug-likeness (QED) is 0.855. The number of aromatic nitrogens is 1. The van der Waals surface area contributed by atoms with Gasteiger partial charge in [-0.25, -0.2) is 9.78 Å². The normalized spacial score (nSPS) is 10.5. The summed E-state index contributed by atoms with van der Waals surface area (Å²) in [4.78, 5) is 15.5. The van der Waals surface area contributed by atoms with Crippen LogP contribution in [0.3, 0.4) is 0 Å². The topological polar surface area (TPSA) is 50.2 Å². The molecule has 66 valence electrons. The average molecular weight is 258 g/mol. The molecule has 0 aromatic carbocycles. The van der Waals surface area contributed by atoms with Crippen molar-refractivity contribution in [1.82, 2.24) is 4.98 Å². The number of halogens is 1. The monoisotopic (exact) mass is 257 g/mol. The number of fused-ring (bicyclic) bond motifs is 1. The van der Waals surface area contributed by atoms with Crippen molar-refractivity contribution < 1.29 is 9.90 Å². The van der Waals surface area contributed by atoms with Gasteiger partial charge in [0.05, 0.1) is 9.35 Å². The van der Waals surface area contributed by atoms with E-state index in [1.54, 1.807) is 6.07 Å². The lowest BCUT2D eigenvalue weighted by molar-refractivity contribution is 0.0696. The Labute approximate surface area is 86.2 Å². The molecule has 0 saturated carbocycles. The minimum Gasteiger partial charge on any atom is -0.478 e. The van der Waals surface area contributed by atoms with E-state index in [0.717, 1.165) is 14.0 Å². The van der Waals surface area contributed by atoms with Crippen LogP contribution in [0.25, 0.3) is 10.2 Å². The second kappa shape index (κ2) is 3.08. The van der Waals surface area contributed by atoms with Crippen LogP contribution in [-0.2, 0) is 0 Å². The number of rotatable bonds is 1. The van der Waals surface area contributed by atoms with Crippen LogP contribution < -0.4 is 0 Å². The van der Waals surface area contributed by atoms with Gasteiger partial charge >= 0.3 is 5.97 Å². The van der Waals surface area contributed by atoms with Gasteiger partial charge in [0.2, 0.25) is 0 Å². The van der Waals surface area contributed by atoms with E-state index in [-0.39, 0.29) is 5.56 Å². The van der Waals surface area contributed by atoms with E-state index in [2.05, 4.69) is 20.9 Å². The summed E-state index contributed by atoms with van der Waals surface area (Å²) >= 11 is 4.80. The maximum absolute atomic E-state index is 10.6. The minimum absolute atomic E-state index is 0.220. The number of carboxylic acids is 1. The maximum atomic E-state index is 10.6. The molecular formula is C8H4BrNO2S. The van der Waals surface area contributed by atoms with Crippen molar-refractivity contribution in [3.8, 4) is 0 Å². The van der Waals surface area contributed by atoms with Crippen molar-refractivity contribution in [1.29, 1.82) is 0 Å². The van der Waals surface area contributed by atoms with E-state index in [0.29, 0.717) is 0 Å². The fourth-order valence-electron chi connectivity index (χ4n) is 1.02.